The zero-order valence-corrected chi connectivity index (χ0v) is 15.7. The van der Waals surface area contributed by atoms with Crippen LogP contribution in [0.2, 0.25) is 0 Å². The molecule has 29 heavy (non-hydrogen) atoms. The lowest BCUT2D eigenvalue weighted by molar-refractivity contribution is -0.119. The van der Waals surface area contributed by atoms with Gasteiger partial charge in [0, 0.05) is 31.1 Å². The van der Waals surface area contributed by atoms with Crippen molar-refractivity contribution in [3.8, 4) is 11.6 Å². The molecule has 1 aromatic carbocycles. The summed E-state index contributed by atoms with van der Waals surface area (Å²) in [7, 11) is 0. The highest BCUT2D eigenvalue weighted by Crippen LogP contribution is 2.15. The fourth-order valence-electron chi connectivity index (χ4n) is 2.44. The Morgan fingerprint density at radius 2 is 1.93 bits per heavy atom. The summed E-state index contributed by atoms with van der Waals surface area (Å²) in [4.78, 5) is 35.1. The van der Waals surface area contributed by atoms with Crippen LogP contribution in [0, 0.1) is 0 Å². The van der Waals surface area contributed by atoms with Gasteiger partial charge >= 0.3 is 0 Å². The van der Waals surface area contributed by atoms with Crippen molar-refractivity contribution < 1.29 is 14.3 Å². The maximum atomic E-state index is 12.3. The number of amides is 2. The second-order valence-electron chi connectivity index (χ2n) is 6.04. The Balaban J connectivity index is 1.56. The first-order chi connectivity index (χ1) is 14.0. The molecule has 3 rings (SSSR count). The molecule has 0 saturated carbocycles. The van der Waals surface area contributed by atoms with Crippen LogP contribution < -0.4 is 20.9 Å². The van der Waals surface area contributed by atoms with Crippen LogP contribution in [0.1, 0.15) is 6.92 Å². The molecule has 2 heterocycles. The standard InChI is InChI=1S/C19H20N6O4/c1-14(26)20-10-12-29-16-5-3-15(4-6-16)22-18(27)13-25-19(28)8-7-17(23-25)24-11-2-9-21-24/h2-9,11H,10,12-13H2,1H3,(H,20,26)(H,22,27). The van der Waals surface area contributed by atoms with E-state index in [0.29, 0.717) is 30.4 Å². The topological polar surface area (TPSA) is 120 Å². The number of anilines is 1. The first-order valence-electron chi connectivity index (χ1n) is 8.86. The van der Waals surface area contributed by atoms with Crippen molar-refractivity contribution in [2.24, 2.45) is 0 Å². The zero-order chi connectivity index (χ0) is 20.6. The maximum Gasteiger partial charge on any atom is 0.267 e. The van der Waals surface area contributed by atoms with E-state index in [9.17, 15) is 14.4 Å². The molecule has 3 aromatic rings. The molecular weight excluding hydrogens is 376 g/mol. The van der Waals surface area contributed by atoms with Gasteiger partial charge in [0.2, 0.25) is 11.8 Å². The number of benzene rings is 1. The molecule has 10 heteroatoms. The Labute approximate surface area is 166 Å². The summed E-state index contributed by atoms with van der Waals surface area (Å²) in [6, 6.07) is 11.4. The van der Waals surface area contributed by atoms with Crippen molar-refractivity contribution in [1.82, 2.24) is 24.9 Å². The lowest BCUT2D eigenvalue weighted by Gasteiger charge is -2.10. The van der Waals surface area contributed by atoms with E-state index in [4.69, 9.17) is 4.74 Å². The molecule has 2 amide bonds. The number of hydrogen-bond donors (Lipinski definition) is 2. The molecular formula is C19H20N6O4. The number of aromatic nitrogens is 4. The Morgan fingerprint density at radius 3 is 2.62 bits per heavy atom. The quantitative estimate of drug-likeness (QED) is 0.538. The van der Waals surface area contributed by atoms with Gasteiger partial charge in [-0.15, -0.1) is 5.10 Å². The van der Waals surface area contributed by atoms with E-state index in [2.05, 4.69) is 20.8 Å². The average Bonchev–Trinajstić information content (AvgIpc) is 3.23. The van der Waals surface area contributed by atoms with Crippen LogP contribution >= 0.6 is 0 Å². The van der Waals surface area contributed by atoms with Crippen LogP contribution in [0.5, 0.6) is 5.75 Å². The van der Waals surface area contributed by atoms with Crippen molar-refractivity contribution in [1.29, 1.82) is 0 Å². The normalized spacial score (nSPS) is 10.4. The molecule has 0 radical (unpaired) electrons. The van der Waals surface area contributed by atoms with Crippen LogP contribution in [0.3, 0.4) is 0 Å². The molecule has 10 nitrogen and oxygen atoms in total. The summed E-state index contributed by atoms with van der Waals surface area (Å²) in [5.41, 5.74) is 0.166. The second kappa shape index (κ2) is 9.31. The first kappa shape index (κ1) is 19.8. The summed E-state index contributed by atoms with van der Waals surface area (Å²) in [5.74, 6) is 0.535. The lowest BCUT2D eigenvalue weighted by Crippen LogP contribution is -2.30. The number of rotatable bonds is 8. The number of hydrogen-bond acceptors (Lipinski definition) is 6. The molecule has 2 aromatic heterocycles. The Morgan fingerprint density at radius 1 is 1.14 bits per heavy atom. The molecule has 0 atom stereocenters. The molecule has 2 N–H and O–H groups in total. The highest BCUT2D eigenvalue weighted by molar-refractivity contribution is 5.90. The fourth-order valence-corrected chi connectivity index (χ4v) is 2.44. The summed E-state index contributed by atoms with van der Waals surface area (Å²) in [6.07, 6.45) is 3.29. The maximum absolute atomic E-state index is 12.3. The lowest BCUT2D eigenvalue weighted by atomic mass is 10.3. The third-order valence-corrected chi connectivity index (χ3v) is 3.77. The summed E-state index contributed by atoms with van der Waals surface area (Å²) in [5, 5.41) is 13.6. The number of nitrogens with one attached hydrogen (secondary N) is 2. The van der Waals surface area contributed by atoms with Crippen LogP contribution in [0.15, 0.2) is 59.7 Å². The number of carbonyl (C=O) groups excluding carboxylic acids is 2. The number of carbonyl (C=O) groups is 2. The van der Waals surface area contributed by atoms with Crippen molar-refractivity contribution in [3.63, 3.8) is 0 Å². The van der Waals surface area contributed by atoms with Gasteiger partial charge in [0.25, 0.3) is 5.56 Å². The van der Waals surface area contributed by atoms with Crippen LogP contribution in [0.4, 0.5) is 5.69 Å². The minimum absolute atomic E-state index is 0.115. The van der Waals surface area contributed by atoms with E-state index in [1.165, 1.54) is 23.7 Å². The highest BCUT2D eigenvalue weighted by atomic mass is 16.5. The minimum atomic E-state index is -0.392. The van der Waals surface area contributed by atoms with Gasteiger partial charge in [0.1, 0.15) is 18.9 Å². The van der Waals surface area contributed by atoms with Gasteiger partial charge in [-0.25, -0.2) is 9.36 Å². The molecule has 0 aliphatic heterocycles. The van der Waals surface area contributed by atoms with E-state index in [1.54, 1.807) is 42.7 Å². The third kappa shape index (κ3) is 5.76. The number of ether oxygens (including phenoxy) is 1. The minimum Gasteiger partial charge on any atom is -0.492 e. The SMILES string of the molecule is CC(=O)NCCOc1ccc(NC(=O)Cn2nc(-n3cccn3)ccc2=O)cc1. The van der Waals surface area contributed by atoms with Crippen molar-refractivity contribution in [2.45, 2.75) is 13.5 Å². The Hall–Kier alpha value is -3.95. The second-order valence-corrected chi connectivity index (χ2v) is 6.04. The molecule has 0 aliphatic rings. The predicted molar refractivity (Wildman–Crippen MR) is 105 cm³/mol. The van der Waals surface area contributed by atoms with Gasteiger partial charge in [-0.2, -0.15) is 5.10 Å². The highest BCUT2D eigenvalue weighted by Gasteiger charge is 2.09. The molecule has 0 fully saturated rings. The van der Waals surface area contributed by atoms with Gasteiger partial charge in [0.15, 0.2) is 5.82 Å². The largest absolute Gasteiger partial charge is 0.492 e. The third-order valence-electron chi connectivity index (χ3n) is 3.77. The van der Waals surface area contributed by atoms with E-state index in [-0.39, 0.29) is 18.0 Å². The average molecular weight is 396 g/mol. The van der Waals surface area contributed by atoms with Crippen molar-refractivity contribution in [3.05, 3.63) is 65.2 Å². The number of nitrogens with zero attached hydrogens (tertiary/aromatic N) is 4. The van der Waals surface area contributed by atoms with Gasteiger partial charge in [0.05, 0.1) is 6.54 Å². The molecule has 0 spiro atoms. The fraction of sp³-hybridized carbons (Fsp3) is 0.211. The summed E-state index contributed by atoms with van der Waals surface area (Å²) in [6.45, 7) is 1.96. The van der Waals surface area contributed by atoms with E-state index >= 15 is 0 Å². The molecule has 0 bridgehead atoms. The molecule has 0 unspecified atom stereocenters. The summed E-state index contributed by atoms with van der Waals surface area (Å²) >= 11 is 0. The molecule has 150 valence electrons. The van der Waals surface area contributed by atoms with Gasteiger partial charge < -0.3 is 15.4 Å². The predicted octanol–water partition coefficient (Wildman–Crippen LogP) is 0.583. The Bertz CT molecular complexity index is 1030. The van der Waals surface area contributed by atoms with Crippen molar-refractivity contribution in [2.75, 3.05) is 18.5 Å². The van der Waals surface area contributed by atoms with Crippen LogP contribution in [-0.4, -0.2) is 44.5 Å². The monoisotopic (exact) mass is 396 g/mol. The van der Waals surface area contributed by atoms with Crippen LogP contribution in [-0.2, 0) is 16.1 Å². The Kier molecular flexibility index (Phi) is 6.36. The molecule has 0 aliphatic carbocycles. The van der Waals surface area contributed by atoms with E-state index < -0.39 is 5.91 Å². The van der Waals surface area contributed by atoms with Gasteiger partial charge in [-0.3, -0.25) is 14.4 Å². The van der Waals surface area contributed by atoms with Gasteiger partial charge in [-0.1, -0.05) is 0 Å². The zero-order valence-electron chi connectivity index (χ0n) is 15.7. The molecule has 0 saturated heterocycles. The van der Waals surface area contributed by atoms with Crippen molar-refractivity contribution >= 4 is 17.5 Å². The first-order valence-corrected chi connectivity index (χ1v) is 8.86. The van der Waals surface area contributed by atoms with E-state index in [1.807, 2.05) is 0 Å². The van der Waals surface area contributed by atoms with Crippen LogP contribution in [0.25, 0.3) is 5.82 Å². The van der Waals surface area contributed by atoms with Gasteiger partial charge in [-0.05, 0) is 36.4 Å². The smallest absolute Gasteiger partial charge is 0.267 e. The van der Waals surface area contributed by atoms with E-state index in [0.717, 1.165) is 4.68 Å². The summed E-state index contributed by atoms with van der Waals surface area (Å²) < 4.78 is 8.06.